The normalized spacial score (nSPS) is 23.5. The lowest BCUT2D eigenvalue weighted by molar-refractivity contribution is -0.151. The summed E-state index contributed by atoms with van der Waals surface area (Å²) in [6.07, 6.45) is 6.25. The van der Waals surface area contributed by atoms with Crippen molar-refractivity contribution in [1.82, 2.24) is 10.6 Å². The Kier molecular flexibility index (Phi) is 10.8. The molecule has 7 heteroatoms. The molecule has 0 bridgehead atoms. The van der Waals surface area contributed by atoms with Gasteiger partial charge in [0.05, 0.1) is 24.5 Å². The number of rotatable bonds is 6. The molecule has 1 aliphatic rings. The zero-order valence-corrected chi connectivity index (χ0v) is 20.9. The second-order valence-corrected chi connectivity index (χ2v) is 10.3. The maximum Gasteiger partial charge on any atom is 0.309 e. The van der Waals surface area contributed by atoms with Crippen molar-refractivity contribution in [2.45, 2.75) is 71.9 Å². The summed E-state index contributed by atoms with van der Waals surface area (Å²) < 4.78 is 5.73. The van der Waals surface area contributed by atoms with E-state index in [0.717, 1.165) is 5.56 Å². The van der Waals surface area contributed by atoms with Gasteiger partial charge in [-0.3, -0.25) is 14.4 Å². The lowest BCUT2D eigenvalue weighted by atomic mass is 9.86. The van der Waals surface area contributed by atoms with Crippen LogP contribution in [-0.2, 0) is 25.5 Å². The van der Waals surface area contributed by atoms with E-state index in [1.165, 1.54) is 0 Å². The van der Waals surface area contributed by atoms with E-state index in [9.17, 15) is 19.5 Å². The Labute approximate surface area is 203 Å². The topological polar surface area (TPSA) is 105 Å². The Hall–Kier alpha value is -2.67. The standard InChI is InChI=1S/C27H40N2O5/c1-19(17-30)28-24(31)16-21-13-9-6-10-14-22(15-20-11-7-5-8-12-20)26(33)34-18-23(27(2,3)4)29-25(21)32/h5-9,11-12,19,21-23,30H,10,13-18H2,1-4H3,(H,28,31)(H,29,32). The molecule has 3 N–H and O–H groups in total. The minimum atomic E-state index is -0.552. The van der Waals surface area contributed by atoms with Gasteiger partial charge >= 0.3 is 5.97 Å². The van der Waals surface area contributed by atoms with E-state index in [4.69, 9.17) is 4.74 Å². The van der Waals surface area contributed by atoms with Crippen molar-refractivity contribution in [3.05, 3.63) is 48.0 Å². The van der Waals surface area contributed by atoms with Gasteiger partial charge in [-0.25, -0.2) is 0 Å². The Bertz CT molecular complexity index is 831. The zero-order chi connectivity index (χ0) is 25.1. The van der Waals surface area contributed by atoms with Gasteiger partial charge in [-0.05, 0) is 43.6 Å². The zero-order valence-electron chi connectivity index (χ0n) is 20.9. The number of carbonyl (C=O) groups excluding carboxylic acids is 3. The van der Waals surface area contributed by atoms with Crippen LogP contribution >= 0.6 is 0 Å². The molecule has 4 unspecified atom stereocenters. The molecule has 34 heavy (non-hydrogen) atoms. The number of nitrogens with one attached hydrogen (secondary N) is 2. The van der Waals surface area contributed by atoms with Crippen molar-refractivity contribution >= 4 is 17.8 Å². The van der Waals surface area contributed by atoms with E-state index in [-0.39, 0.29) is 54.8 Å². The third-order valence-corrected chi connectivity index (χ3v) is 6.17. The van der Waals surface area contributed by atoms with Gasteiger partial charge in [0.2, 0.25) is 11.8 Å². The van der Waals surface area contributed by atoms with Crippen LogP contribution in [0.2, 0.25) is 0 Å². The number of aliphatic hydroxyl groups excluding tert-OH is 1. The van der Waals surface area contributed by atoms with E-state index in [0.29, 0.717) is 25.7 Å². The van der Waals surface area contributed by atoms with Gasteiger partial charge in [-0.15, -0.1) is 0 Å². The Morgan fingerprint density at radius 1 is 1.18 bits per heavy atom. The van der Waals surface area contributed by atoms with Crippen molar-refractivity contribution < 1.29 is 24.2 Å². The molecule has 188 valence electrons. The van der Waals surface area contributed by atoms with Crippen molar-refractivity contribution in [3.63, 3.8) is 0 Å². The third kappa shape index (κ3) is 9.29. The van der Waals surface area contributed by atoms with Crippen LogP contribution in [-0.4, -0.2) is 48.2 Å². The first-order chi connectivity index (χ1) is 16.1. The molecule has 0 radical (unpaired) electrons. The molecule has 1 aliphatic heterocycles. The monoisotopic (exact) mass is 472 g/mol. The Morgan fingerprint density at radius 2 is 1.88 bits per heavy atom. The maximum absolute atomic E-state index is 13.1. The smallest absolute Gasteiger partial charge is 0.309 e. The number of aliphatic hydroxyl groups is 1. The number of ether oxygens (including phenoxy) is 1. The van der Waals surface area contributed by atoms with Gasteiger partial charge in [-0.2, -0.15) is 0 Å². The minimum absolute atomic E-state index is 0.0216. The highest BCUT2D eigenvalue weighted by atomic mass is 16.5. The summed E-state index contributed by atoms with van der Waals surface area (Å²) in [5.74, 6) is -1.60. The van der Waals surface area contributed by atoms with Gasteiger partial charge in [0, 0.05) is 12.5 Å². The first-order valence-corrected chi connectivity index (χ1v) is 12.2. The molecular formula is C27H40N2O5. The summed E-state index contributed by atoms with van der Waals surface area (Å²) in [5, 5.41) is 14.9. The van der Waals surface area contributed by atoms with Crippen LogP contribution in [0.3, 0.4) is 0 Å². The molecule has 7 nitrogen and oxygen atoms in total. The highest BCUT2D eigenvalue weighted by Crippen LogP contribution is 2.23. The molecule has 4 atom stereocenters. The quantitative estimate of drug-likeness (QED) is 0.436. The average molecular weight is 473 g/mol. The third-order valence-electron chi connectivity index (χ3n) is 6.17. The molecule has 1 heterocycles. The van der Waals surface area contributed by atoms with Gasteiger partial charge < -0.3 is 20.5 Å². The van der Waals surface area contributed by atoms with Crippen LogP contribution in [0.5, 0.6) is 0 Å². The van der Waals surface area contributed by atoms with Crippen molar-refractivity contribution in [3.8, 4) is 0 Å². The van der Waals surface area contributed by atoms with E-state index in [1.807, 2.05) is 63.3 Å². The van der Waals surface area contributed by atoms with Crippen LogP contribution in [0.1, 0.15) is 58.9 Å². The molecule has 1 aromatic carbocycles. The predicted molar refractivity (Wildman–Crippen MR) is 132 cm³/mol. The first kappa shape index (κ1) is 27.6. The molecule has 1 aromatic rings. The summed E-state index contributed by atoms with van der Waals surface area (Å²) in [7, 11) is 0. The fourth-order valence-electron chi connectivity index (χ4n) is 3.84. The molecule has 2 amide bonds. The number of carbonyl (C=O) groups is 3. The minimum Gasteiger partial charge on any atom is -0.463 e. The number of benzene rings is 1. The van der Waals surface area contributed by atoms with E-state index >= 15 is 0 Å². The average Bonchev–Trinajstić information content (AvgIpc) is 2.79. The Morgan fingerprint density at radius 3 is 2.53 bits per heavy atom. The van der Waals surface area contributed by atoms with Crippen molar-refractivity contribution in [1.29, 1.82) is 0 Å². The second kappa shape index (κ2) is 13.3. The SMILES string of the molecule is CC(CO)NC(=O)CC1CC=CCCC(Cc2ccccc2)C(=O)OCC(C(C)(C)C)NC1=O. The summed E-state index contributed by atoms with van der Waals surface area (Å²) in [6, 6.07) is 9.13. The van der Waals surface area contributed by atoms with Gasteiger partial charge in [-0.1, -0.05) is 63.3 Å². The van der Waals surface area contributed by atoms with Crippen LogP contribution in [0, 0.1) is 17.3 Å². The molecule has 0 fully saturated rings. The molecule has 0 saturated heterocycles. The molecule has 0 saturated carbocycles. The second-order valence-electron chi connectivity index (χ2n) is 10.3. The van der Waals surface area contributed by atoms with E-state index in [1.54, 1.807) is 6.92 Å². The molecule has 0 aromatic heterocycles. The van der Waals surface area contributed by atoms with Crippen LogP contribution < -0.4 is 10.6 Å². The van der Waals surface area contributed by atoms with Crippen LogP contribution in [0.25, 0.3) is 0 Å². The molecule has 2 rings (SSSR count). The van der Waals surface area contributed by atoms with Crippen LogP contribution in [0.15, 0.2) is 42.5 Å². The summed E-state index contributed by atoms with van der Waals surface area (Å²) in [4.78, 5) is 38.5. The fraction of sp³-hybridized carbons (Fsp3) is 0.593. The highest BCUT2D eigenvalue weighted by Gasteiger charge is 2.32. The Balaban J connectivity index is 2.19. The number of amides is 2. The molecule has 0 spiro atoms. The highest BCUT2D eigenvalue weighted by molar-refractivity contribution is 5.86. The number of esters is 1. The number of allylic oxidation sites excluding steroid dienone is 2. The largest absolute Gasteiger partial charge is 0.463 e. The lowest BCUT2D eigenvalue weighted by Crippen LogP contribution is -2.50. The van der Waals surface area contributed by atoms with Crippen LogP contribution in [0.4, 0.5) is 0 Å². The maximum atomic E-state index is 13.1. The van der Waals surface area contributed by atoms with Crippen molar-refractivity contribution in [2.24, 2.45) is 17.3 Å². The summed E-state index contributed by atoms with van der Waals surface area (Å²) >= 11 is 0. The van der Waals surface area contributed by atoms with E-state index < -0.39 is 12.0 Å². The van der Waals surface area contributed by atoms with Crippen molar-refractivity contribution in [2.75, 3.05) is 13.2 Å². The van der Waals surface area contributed by atoms with Gasteiger partial charge in [0.15, 0.2) is 0 Å². The number of cyclic esters (lactones) is 1. The predicted octanol–water partition coefficient (Wildman–Crippen LogP) is 3.16. The summed E-state index contributed by atoms with van der Waals surface area (Å²) in [6.45, 7) is 7.57. The molecular weight excluding hydrogens is 432 g/mol. The van der Waals surface area contributed by atoms with Gasteiger partial charge in [0.25, 0.3) is 0 Å². The van der Waals surface area contributed by atoms with E-state index in [2.05, 4.69) is 10.6 Å². The number of hydrogen-bond acceptors (Lipinski definition) is 5. The lowest BCUT2D eigenvalue weighted by Gasteiger charge is -2.32. The first-order valence-electron chi connectivity index (χ1n) is 12.2. The molecule has 0 aliphatic carbocycles. The van der Waals surface area contributed by atoms with Gasteiger partial charge in [0.1, 0.15) is 6.61 Å². The number of hydrogen-bond donors (Lipinski definition) is 3. The fourth-order valence-corrected chi connectivity index (χ4v) is 3.84. The summed E-state index contributed by atoms with van der Waals surface area (Å²) in [5.41, 5.74) is 0.737.